The zero-order chi connectivity index (χ0) is 23.8. The van der Waals surface area contributed by atoms with Crippen LogP contribution in [0.15, 0.2) is 54.7 Å². The third kappa shape index (κ3) is 2.83. The van der Waals surface area contributed by atoms with Crippen molar-refractivity contribution in [3.63, 3.8) is 0 Å². The number of nitrogens with one attached hydrogen (secondary N) is 2. The van der Waals surface area contributed by atoms with Crippen LogP contribution in [0.2, 0.25) is 0 Å². The van der Waals surface area contributed by atoms with Crippen molar-refractivity contribution < 1.29 is 4.79 Å². The number of aromatic nitrogens is 3. The van der Waals surface area contributed by atoms with E-state index in [4.69, 9.17) is 5.10 Å². The van der Waals surface area contributed by atoms with Crippen LogP contribution >= 0.6 is 0 Å². The molecule has 0 saturated heterocycles. The van der Waals surface area contributed by atoms with Crippen molar-refractivity contribution >= 4 is 39.1 Å². The van der Waals surface area contributed by atoms with E-state index in [1.165, 1.54) is 27.4 Å². The number of anilines is 2. The second kappa shape index (κ2) is 7.22. The zero-order valence-electron chi connectivity index (χ0n) is 20.1. The third-order valence-corrected chi connectivity index (χ3v) is 7.46. The molecule has 2 aromatic heterocycles. The van der Waals surface area contributed by atoms with Crippen molar-refractivity contribution in [1.82, 2.24) is 19.7 Å². The highest BCUT2D eigenvalue weighted by atomic mass is 16.1. The predicted molar refractivity (Wildman–Crippen MR) is 140 cm³/mol. The van der Waals surface area contributed by atoms with Gasteiger partial charge in [0.1, 0.15) is 0 Å². The molecular weight excluding hydrogens is 434 g/mol. The first kappa shape index (κ1) is 20.3. The number of carbonyl (C=O) groups is 1. The van der Waals surface area contributed by atoms with E-state index >= 15 is 0 Å². The van der Waals surface area contributed by atoms with Gasteiger partial charge in [-0.3, -0.25) is 9.48 Å². The lowest BCUT2D eigenvalue weighted by atomic mass is 9.82. The maximum Gasteiger partial charge on any atom is 0.252 e. The fourth-order valence-corrected chi connectivity index (χ4v) is 6.16. The van der Waals surface area contributed by atoms with Crippen LogP contribution in [0.4, 0.5) is 11.4 Å². The van der Waals surface area contributed by atoms with Crippen LogP contribution in [0, 0.1) is 0 Å². The Morgan fingerprint density at radius 1 is 1.00 bits per heavy atom. The average molecular weight is 462 g/mol. The molecule has 3 heterocycles. The van der Waals surface area contributed by atoms with E-state index in [9.17, 15) is 4.79 Å². The van der Waals surface area contributed by atoms with E-state index in [0.29, 0.717) is 6.54 Å². The SMILES string of the molecule is CC(C)n1c2ccc(Nc3ccccc3)cc2c2c3c(c4c(c21)CCc1nn(C)cc1-4)C(=O)NC3. The number of para-hydroxylation sites is 1. The lowest BCUT2D eigenvalue weighted by Crippen LogP contribution is -2.15. The maximum atomic E-state index is 13.2. The van der Waals surface area contributed by atoms with Crippen LogP contribution in [0.5, 0.6) is 0 Å². The number of rotatable bonds is 3. The highest BCUT2D eigenvalue weighted by Gasteiger charge is 2.35. The summed E-state index contributed by atoms with van der Waals surface area (Å²) in [6, 6.07) is 17.2. The van der Waals surface area contributed by atoms with Crippen LogP contribution < -0.4 is 10.6 Å². The Hall–Kier alpha value is -4.06. The summed E-state index contributed by atoms with van der Waals surface area (Å²) in [5.74, 6) is 0.0267. The summed E-state index contributed by atoms with van der Waals surface area (Å²) >= 11 is 0. The van der Waals surface area contributed by atoms with Crippen LogP contribution in [0.1, 0.15) is 47.1 Å². The Balaban J connectivity index is 1.59. The predicted octanol–water partition coefficient (Wildman–Crippen LogP) is 5.86. The molecule has 0 radical (unpaired) electrons. The minimum atomic E-state index is 0.0267. The van der Waals surface area contributed by atoms with Gasteiger partial charge in [0.2, 0.25) is 0 Å². The third-order valence-electron chi connectivity index (χ3n) is 7.46. The Bertz CT molecular complexity index is 1670. The molecular formula is C29H27N5O. The molecule has 7 rings (SSSR count). The second-order valence-corrected chi connectivity index (χ2v) is 9.96. The van der Waals surface area contributed by atoms with Gasteiger partial charge in [-0.1, -0.05) is 18.2 Å². The van der Waals surface area contributed by atoms with Gasteiger partial charge in [0.05, 0.1) is 16.8 Å². The van der Waals surface area contributed by atoms with E-state index in [-0.39, 0.29) is 11.9 Å². The monoisotopic (exact) mass is 461 g/mol. The molecule has 0 atom stereocenters. The van der Waals surface area contributed by atoms with Crippen molar-refractivity contribution in [3.8, 4) is 11.1 Å². The number of amides is 1. The van der Waals surface area contributed by atoms with E-state index in [2.05, 4.69) is 65.6 Å². The lowest BCUT2D eigenvalue weighted by Gasteiger charge is -2.22. The Kier molecular flexibility index (Phi) is 4.19. The van der Waals surface area contributed by atoms with Gasteiger partial charge in [-0.25, -0.2) is 0 Å². The van der Waals surface area contributed by atoms with Gasteiger partial charge in [0, 0.05) is 64.6 Å². The molecule has 1 aliphatic heterocycles. The molecule has 2 N–H and O–H groups in total. The fourth-order valence-electron chi connectivity index (χ4n) is 6.16. The number of carbonyl (C=O) groups excluding carboxylic acids is 1. The number of fused-ring (bicyclic) bond motifs is 10. The summed E-state index contributed by atoms with van der Waals surface area (Å²) in [6.07, 6.45) is 3.85. The minimum absolute atomic E-state index is 0.0267. The highest BCUT2D eigenvalue weighted by molar-refractivity contribution is 6.20. The summed E-state index contributed by atoms with van der Waals surface area (Å²) in [7, 11) is 1.96. The molecule has 0 spiro atoms. The molecule has 6 nitrogen and oxygen atoms in total. The first-order valence-electron chi connectivity index (χ1n) is 12.3. The molecule has 2 aliphatic rings. The molecule has 1 amide bonds. The van der Waals surface area contributed by atoms with Crippen molar-refractivity contribution in [2.75, 3.05) is 5.32 Å². The molecule has 6 heteroatoms. The quantitative estimate of drug-likeness (QED) is 0.354. The summed E-state index contributed by atoms with van der Waals surface area (Å²) in [4.78, 5) is 13.2. The highest BCUT2D eigenvalue weighted by Crippen LogP contribution is 2.47. The summed E-state index contributed by atoms with van der Waals surface area (Å²) in [5.41, 5.74) is 11.1. The minimum Gasteiger partial charge on any atom is -0.356 e. The number of benzene rings is 3. The molecule has 0 saturated carbocycles. The lowest BCUT2D eigenvalue weighted by molar-refractivity contribution is 0.0966. The molecule has 35 heavy (non-hydrogen) atoms. The molecule has 5 aromatic rings. The van der Waals surface area contributed by atoms with Gasteiger partial charge in [0.25, 0.3) is 5.91 Å². The number of hydrogen-bond acceptors (Lipinski definition) is 3. The summed E-state index contributed by atoms with van der Waals surface area (Å²) in [5, 5.41) is 13.8. The largest absolute Gasteiger partial charge is 0.356 e. The van der Waals surface area contributed by atoms with Gasteiger partial charge < -0.3 is 15.2 Å². The molecule has 0 fully saturated rings. The van der Waals surface area contributed by atoms with Crippen molar-refractivity contribution in [2.24, 2.45) is 7.05 Å². The Morgan fingerprint density at radius 3 is 2.63 bits per heavy atom. The van der Waals surface area contributed by atoms with Gasteiger partial charge in [0.15, 0.2) is 0 Å². The van der Waals surface area contributed by atoms with Crippen molar-refractivity contribution in [3.05, 3.63) is 77.1 Å². The topological polar surface area (TPSA) is 63.9 Å². The van der Waals surface area contributed by atoms with Crippen molar-refractivity contribution in [2.45, 2.75) is 39.3 Å². The van der Waals surface area contributed by atoms with E-state index in [1.807, 2.05) is 29.9 Å². The van der Waals surface area contributed by atoms with Gasteiger partial charge in [-0.2, -0.15) is 5.10 Å². The van der Waals surface area contributed by atoms with Gasteiger partial charge >= 0.3 is 0 Å². The van der Waals surface area contributed by atoms with E-state index < -0.39 is 0 Å². The molecule has 0 unspecified atom stereocenters. The van der Waals surface area contributed by atoms with Crippen molar-refractivity contribution in [1.29, 1.82) is 0 Å². The Morgan fingerprint density at radius 2 is 1.83 bits per heavy atom. The maximum absolute atomic E-state index is 13.2. The standard InChI is InChI=1S/C29H27N5O/c1-16(2)34-24-12-9-18(31-17-7-5-4-6-8-17)13-20(24)26-21-14-30-29(35)27(21)25-19(28(26)34)10-11-23-22(25)15-33(3)32-23/h4-9,12-13,15-16,31H,10-11,14H2,1-3H3,(H,30,35). The van der Waals surface area contributed by atoms with Crippen LogP contribution in [-0.4, -0.2) is 20.3 Å². The van der Waals surface area contributed by atoms with Gasteiger partial charge in [-0.15, -0.1) is 0 Å². The fraction of sp³-hybridized carbons (Fsp3) is 0.241. The molecule has 174 valence electrons. The molecule has 1 aliphatic carbocycles. The normalized spacial score (nSPS) is 14.3. The molecule has 0 bridgehead atoms. The van der Waals surface area contributed by atoms with Crippen LogP contribution in [0.3, 0.4) is 0 Å². The number of hydrogen-bond donors (Lipinski definition) is 2. The first-order valence-corrected chi connectivity index (χ1v) is 12.3. The number of nitrogens with zero attached hydrogens (tertiary/aromatic N) is 3. The van der Waals surface area contributed by atoms with Gasteiger partial charge in [-0.05, 0) is 68.1 Å². The summed E-state index contributed by atoms with van der Waals surface area (Å²) < 4.78 is 4.35. The smallest absolute Gasteiger partial charge is 0.252 e. The van der Waals surface area contributed by atoms with Crippen LogP contribution in [-0.2, 0) is 26.4 Å². The van der Waals surface area contributed by atoms with E-state index in [1.54, 1.807) is 0 Å². The molecule has 3 aromatic carbocycles. The first-order chi connectivity index (χ1) is 17.0. The van der Waals surface area contributed by atoms with Crippen LogP contribution in [0.25, 0.3) is 32.9 Å². The number of aryl methyl sites for hydroxylation is 3. The Labute approximate surface area is 203 Å². The average Bonchev–Trinajstić information content (AvgIpc) is 3.51. The second-order valence-electron chi connectivity index (χ2n) is 9.96. The van der Waals surface area contributed by atoms with E-state index in [0.717, 1.165) is 52.2 Å². The summed E-state index contributed by atoms with van der Waals surface area (Å²) in [6.45, 7) is 5.05. The zero-order valence-corrected chi connectivity index (χ0v) is 20.1.